The summed E-state index contributed by atoms with van der Waals surface area (Å²) in [6, 6.07) is 8.73. The molecule has 6 heteroatoms. The van der Waals surface area contributed by atoms with Crippen LogP contribution < -0.4 is 5.73 Å². The number of nitrogen functional groups attached to an aromatic ring is 1. The van der Waals surface area contributed by atoms with E-state index in [9.17, 15) is 9.59 Å². The first-order chi connectivity index (χ1) is 11.0. The number of carbonyl (C=O) groups is 2. The van der Waals surface area contributed by atoms with Crippen LogP contribution in [0.25, 0.3) is 5.69 Å². The van der Waals surface area contributed by atoms with Gasteiger partial charge in [-0.3, -0.25) is 4.79 Å². The van der Waals surface area contributed by atoms with Gasteiger partial charge in [0.15, 0.2) is 11.5 Å². The third-order valence-electron chi connectivity index (χ3n) is 3.49. The van der Waals surface area contributed by atoms with E-state index in [-0.39, 0.29) is 22.7 Å². The average Bonchev–Trinajstić information content (AvgIpc) is 2.91. The minimum Gasteiger partial charge on any atom is -0.464 e. The molecule has 0 fully saturated rings. The minimum absolute atomic E-state index is 0.0666. The maximum absolute atomic E-state index is 11.9. The van der Waals surface area contributed by atoms with E-state index in [0.29, 0.717) is 17.7 Å². The summed E-state index contributed by atoms with van der Waals surface area (Å²) in [4.78, 5) is 23.8. The van der Waals surface area contributed by atoms with E-state index in [1.165, 1.54) is 17.9 Å². The van der Waals surface area contributed by atoms with Crippen molar-refractivity contribution >= 4 is 17.4 Å². The highest BCUT2D eigenvalue weighted by atomic mass is 16.5. The van der Waals surface area contributed by atoms with Crippen LogP contribution in [0.1, 0.15) is 46.2 Å². The summed E-state index contributed by atoms with van der Waals surface area (Å²) in [7, 11) is 1.25. The molecule has 0 saturated heterocycles. The fourth-order valence-corrected chi connectivity index (χ4v) is 2.30. The maximum Gasteiger partial charge on any atom is 0.357 e. The highest BCUT2D eigenvalue weighted by Gasteiger charge is 2.21. The van der Waals surface area contributed by atoms with Crippen LogP contribution in [0.2, 0.25) is 0 Å². The Kier molecular flexibility index (Phi) is 4.82. The topological polar surface area (TPSA) is 98.1 Å². The second-order valence-electron chi connectivity index (χ2n) is 5.00. The van der Waals surface area contributed by atoms with Crippen LogP contribution in [0.15, 0.2) is 30.5 Å². The molecule has 2 aromatic rings. The normalized spacial score (nSPS) is 10.1. The molecule has 23 heavy (non-hydrogen) atoms. The molecular weight excluding hydrogens is 294 g/mol. The number of nitrogens with zero attached hydrogens (tertiary/aromatic N) is 2. The monoisotopic (exact) mass is 311 g/mol. The quantitative estimate of drug-likeness (QED) is 0.676. The van der Waals surface area contributed by atoms with Crippen molar-refractivity contribution in [1.29, 1.82) is 5.26 Å². The number of nitriles is 1. The number of aromatic nitrogens is 1. The summed E-state index contributed by atoms with van der Waals surface area (Å²) in [5.41, 5.74) is 7.43. The van der Waals surface area contributed by atoms with Gasteiger partial charge >= 0.3 is 5.97 Å². The molecule has 0 radical (unpaired) electrons. The largest absolute Gasteiger partial charge is 0.464 e. The molecule has 0 aliphatic rings. The lowest BCUT2D eigenvalue weighted by Crippen LogP contribution is -2.11. The number of methoxy groups -OCH3 is 1. The van der Waals surface area contributed by atoms with Crippen LogP contribution in [0, 0.1) is 11.3 Å². The summed E-state index contributed by atoms with van der Waals surface area (Å²) in [5.74, 6) is -0.563. The number of carbonyl (C=O) groups excluding carboxylic acids is 2. The van der Waals surface area contributed by atoms with E-state index in [0.717, 1.165) is 6.42 Å². The van der Waals surface area contributed by atoms with Gasteiger partial charge in [0.25, 0.3) is 0 Å². The van der Waals surface area contributed by atoms with Gasteiger partial charge in [-0.15, -0.1) is 0 Å². The summed E-state index contributed by atoms with van der Waals surface area (Å²) in [6.07, 6.45) is 2.75. The van der Waals surface area contributed by atoms with E-state index in [1.807, 2.05) is 13.0 Å². The first-order valence-electron chi connectivity index (χ1n) is 7.16. The molecule has 0 aliphatic carbocycles. The number of rotatable bonds is 5. The summed E-state index contributed by atoms with van der Waals surface area (Å²) in [6.45, 7) is 1.95. The number of Topliss-reactive ketones (excluding diaryl/α,β-unsaturated/α-hetero) is 1. The Morgan fingerprint density at radius 1 is 1.30 bits per heavy atom. The Bertz CT molecular complexity index is 783. The molecule has 0 unspecified atom stereocenters. The highest BCUT2D eigenvalue weighted by molar-refractivity contribution is 5.97. The van der Waals surface area contributed by atoms with Gasteiger partial charge in [0, 0.05) is 23.9 Å². The summed E-state index contributed by atoms with van der Waals surface area (Å²) in [5, 5.41) is 9.09. The SMILES string of the molecule is CCCC(=O)c1ccc(-n2cc(C#N)c(N)c2C(=O)OC)cc1. The zero-order chi connectivity index (χ0) is 17.0. The molecule has 0 amide bonds. The summed E-state index contributed by atoms with van der Waals surface area (Å²) >= 11 is 0. The average molecular weight is 311 g/mol. The Labute approximate surface area is 134 Å². The first-order valence-corrected chi connectivity index (χ1v) is 7.16. The Morgan fingerprint density at radius 3 is 2.48 bits per heavy atom. The number of hydrogen-bond donors (Lipinski definition) is 1. The number of ether oxygens (including phenoxy) is 1. The van der Waals surface area contributed by atoms with Gasteiger partial charge in [0.2, 0.25) is 0 Å². The molecule has 0 saturated carbocycles. The number of esters is 1. The van der Waals surface area contributed by atoms with Crippen molar-refractivity contribution < 1.29 is 14.3 Å². The van der Waals surface area contributed by atoms with Crippen LogP contribution in [0.5, 0.6) is 0 Å². The van der Waals surface area contributed by atoms with Gasteiger partial charge in [0.1, 0.15) is 6.07 Å². The van der Waals surface area contributed by atoms with Crippen molar-refractivity contribution in [1.82, 2.24) is 4.57 Å². The molecule has 6 nitrogen and oxygen atoms in total. The van der Waals surface area contributed by atoms with Gasteiger partial charge in [0.05, 0.1) is 18.4 Å². The molecule has 2 rings (SSSR count). The molecule has 2 N–H and O–H groups in total. The van der Waals surface area contributed by atoms with Gasteiger partial charge in [-0.1, -0.05) is 6.92 Å². The zero-order valence-electron chi connectivity index (χ0n) is 13.0. The van der Waals surface area contributed by atoms with Gasteiger partial charge < -0.3 is 15.0 Å². The van der Waals surface area contributed by atoms with E-state index < -0.39 is 5.97 Å². The number of nitrogens with two attached hydrogens (primary N) is 1. The van der Waals surface area contributed by atoms with Gasteiger partial charge in [-0.2, -0.15) is 5.26 Å². The number of benzene rings is 1. The third kappa shape index (κ3) is 3.09. The maximum atomic E-state index is 11.9. The van der Waals surface area contributed by atoms with E-state index in [1.54, 1.807) is 24.3 Å². The fraction of sp³-hybridized carbons (Fsp3) is 0.235. The van der Waals surface area contributed by atoms with E-state index in [2.05, 4.69) is 0 Å². The standard InChI is InChI=1S/C17H17N3O3/c1-3-4-14(21)11-5-7-13(8-6-11)20-10-12(9-18)15(19)16(20)17(22)23-2/h5-8,10H,3-4,19H2,1-2H3. The van der Waals surface area contributed by atoms with Crippen LogP contribution in [0.4, 0.5) is 5.69 Å². The van der Waals surface area contributed by atoms with Crippen LogP contribution in [-0.4, -0.2) is 23.4 Å². The third-order valence-corrected chi connectivity index (χ3v) is 3.49. The molecule has 1 aromatic heterocycles. The Morgan fingerprint density at radius 2 is 1.96 bits per heavy atom. The van der Waals surface area contributed by atoms with Crippen molar-refractivity contribution in [3.05, 3.63) is 47.3 Å². The van der Waals surface area contributed by atoms with E-state index in [4.69, 9.17) is 15.7 Å². The number of hydrogen-bond acceptors (Lipinski definition) is 5. The second-order valence-corrected chi connectivity index (χ2v) is 5.00. The molecular formula is C17H17N3O3. The summed E-state index contributed by atoms with van der Waals surface area (Å²) < 4.78 is 6.22. The predicted molar refractivity (Wildman–Crippen MR) is 85.5 cm³/mol. The smallest absolute Gasteiger partial charge is 0.357 e. The van der Waals surface area contributed by atoms with Crippen molar-refractivity contribution in [2.45, 2.75) is 19.8 Å². The molecule has 118 valence electrons. The lowest BCUT2D eigenvalue weighted by atomic mass is 10.1. The Hall–Kier alpha value is -3.07. The second kappa shape index (κ2) is 6.79. The number of anilines is 1. The van der Waals surface area contributed by atoms with Crippen LogP contribution >= 0.6 is 0 Å². The molecule has 1 heterocycles. The molecule has 1 aromatic carbocycles. The van der Waals surface area contributed by atoms with Crippen molar-refractivity contribution in [2.24, 2.45) is 0 Å². The molecule has 0 bridgehead atoms. The van der Waals surface area contributed by atoms with Crippen molar-refractivity contribution in [3.8, 4) is 11.8 Å². The molecule has 0 spiro atoms. The molecule has 0 aliphatic heterocycles. The lowest BCUT2D eigenvalue weighted by Gasteiger charge is -2.09. The van der Waals surface area contributed by atoms with Crippen LogP contribution in [-0.2, 0) is 4.74 Å². The highest BCUT2D eigenvalue weighted by Crippen LogP contribution is 2.25. The zero-order valence-corrected chi connectivity index (χ0v) is 13.0. The van der Waals surface area contributed by atoms with Crippen molar-refractivity contribution in [2.75, 3.05) is 12.8 Å². The van der Waals surface area contributed by atoms with E-state index >= 15 is 0 Å². The first kappa shape index (κ1) is 16.3. The van der Waals surface area contributed by atoms with Gasteiger partial charge in [-0.05, 0) is 30.7 Å². The molecule has 0 atom stereocenters. The van der Waals surface area contributed by atoms with Gasteiger partial charge in [-0.25, -0.2) is 4.79 Å². The lowest BCUT2D eigenvalue weighted by molar-refractivity contribution is 0.0593. The minimum atomic E-state index is -0.630. The van der Waals surface area contributed by atoms with Crippen molar-refractivity contribution in [3.63, 3.8) is 0 Å². The fourth-order valence-electron chi connectivity index (χ4n) is 2.30. The Balaban J connectivity index is 2.48. The predicted octanol–water partition coefficient (Wildman–Crippen LogP) is 2.70. The van der Waals surface area contributed by atoms with Crippen LogP contribution in [0.3, 0.4) is 0 Å². The number of ketones is 1.